The Morgan fingerprint density at radius 2 is 1.90 bits per heavy atom. The van der Waals surface area contributed by atoms with E-state index in [2.05, 4.69) is 10.6 Å². The monoisotopic (exact) mass is 288 g/mol. The number of anilines is 2. The minimum absolute atomic E-state index is 0.0944. The predicted octanol–water partition coefficient (Wildman–Crippen LogP) is 3.19. The van der Waals surface area contributed by atoms with Crippen LogP contribution in [0, 0.1) is 12.7 Å². The molecule has 0 bridgehead atoms. The molecule has 110 valence electrons. The number of methoxy groups -OCH3 is 1. The minimum Gasteiger partial charge on any atom is -0.495 e. The van der Waals surface area contributed by atoms with Crippen molar-refractivity contribution in [3.05, 3.63) is 53.8 Å². The highest BCUT2D eigenvalue weighted by molar-refractivity contribution is 5.93. The van der Waals surface area contributed by atoms with E-state index in [9.17, 15) is 9.18 Å². The van der Waals surface area contributed by atoms with Crippen molar-refractivity contribution in [2.24, 2.45) is 0 Å². The number of amides is 1. The van der Waals surface area contributed by atoms with Crippen molar-refractivity contribution in [2.75, 3.05) is 24.3 Å². The maximum Gasteiger partial charge on any atom is 0.243 e. The van der Waals surface area contributed by atoms with Crippen LogP contribution in [0.3, 0.4) is 0 Å². The summed E-state index contributed by atoms with van der Waals surface area (Å²) in [5.74, 6) is 0.121. The van der Waals surface area contributed by atoms with Crippen molar-refractivity contribution in [1.29, 1.82) is 0 Å². The van der Waals surface area contributed by atoms with Crippen LogP contribution in [0.25, 0.3) is 0 Å². The topological polar surface area (TPSA) is 50.4 Å². The lowest BCUT2D eigenvalue weighted by atomic mass is 10.2. The molecule has 0 fully saturated rings. The predicted molar refractivity (Wildman–Crippen MR) is 81.3 cm³/mol. The first-order valence-electron chi connectivity index (χ1n) is 6.52. The normalized spacial score (nSPS) is 10.0. The Morgan fingerprint density at radius 3 is 2.57 bits per heavy atom. The third kappa shape index (κ3) is 4.21. The quantitative estimate of drug-likeness (QED) is 0.888. The summed E-state index contributed by atoms with van der Waals surface area (Å²) in [5, 5.41) is 5.71. The summed E-state index contributed by atoms with van der Waals surface area (Å²) in [6.45, 7) is 2.06. The molecule has 4 nitrogen and oxygen atoms in total. The Morgan fingerprint density at radius 1 is 1.19 bits per heavy atom. The van der Waals surface area contributed by atoms with Gasteiger partial charge in [0, 0.05) is 5.69 Å². The molecule has 0 saturated carbocycles. The number of halogens is 1. The van der Waals surface area contributed by atoms with Crippen LogP contribution in [0.2, 0.25) is 0 Å². The third-order valence-electron chi connectivity index (χ3n) is 2.92. The van der Waals surface area contributed by atoms with Gasteiger partial charge in [-0.2, -0.15) is 0 Å². The second-order valence-electron chi connectivity index (χ2n) is 4.61. The summed E-state index contributed by atoms with van der Waals surface area (Å²) in [7, 11) is 1.58. The van der Waals surface area contributed by atoms with Crippen LogP contribution in [-0.4, -0.2) is 19.6 Å². The molecule has 0 radical (unpaired) electrons. The van der Waals surface area contributed by atoms with Gasteiger partial charge in [0.1, 0.15) is 11.6 Å². The number of carbonyl (C=O) groups is 1. The lowest BCUT2D eigenvalue weighted by Crippen LogP contribution is -2.22. The van der Waals surface area contributed by atoms with Crippen LogP contribution in [0.15, 0.2) is 42.5 Å². The number of hydrogen-bond acceptors (Lipinski definition) is 3. The third-order valence-corrected chi connectivity index (χ3v) is 2.92. The van der Waals surface area contributed by atoms with Crippen LogP contribution >= 0.6 is 0 Å². The maximum absolute atomic E-state index is 12.8. The standard InChI is InChI=1S/C16H17FN2O2/c1-11-3-8-15(21-2)14(9-11)18-10-16(20)19-13-6-4-12(17)5-7-13/h3-9,18H,10H2,1-2H3,(H,19,20). The minimum atomic E-state index is -0.337. The molecule has 0 saturated heterocycles. The molecule has 2 aromatic rings. The summed E-state index contributed by atoms with van der Waals surface area (Å²) < 4.78 is 18.0. The van der Waals surface area contributed by atoms with Gasteiger partial charge in [0.25, 0.3) is 0 Å². The first kappa shape index (κ1) is 14.8. The van der Waals surface area contributed by atoms with Crippen LogP contribution in [0.5, 0.6) is 5.75 Å². The molecule has 5 heteroatoms. The van der Waals surface area contributed by atoms with Gasteiger partial charge in [0.2, 0.25) is 5.91 Å². The van der Waals surface area contributed by atoms with E-state index in [1.54, 1.807) is 7.11 Å². The van der Waals surface area contributed by atoms with E-state index in [4.69, 9.17) is 4.74 Å². The number of rotatable bonds is 5. The lowest BCUT2D eigenvalue weighted by Gasteiger charge is -2.12. The molecule has 0 aliphatic rings. The molecule has 0 unspecified atom stereocenters. The smallest absolute Gasteiger partial charge is 0.243 e. The molecule has 0 aromatic heterocycles. The Bertz CT molecular complexity index is 627. The summed E-state index contributed by atoms with van der Waals surface area (Å²) in [5.41, 5.74) is 2.38. The van der Waals surface area contributed by atoms with E-state index in [0.29, 0.717) is 11.4 Å². The molecule has 2 N–H and O–H groups in total. The average Bonchev–Trinajstić information content (AvgIpc) is 2.48. The van der Waals surface area contributed by atoms with Crippen molar-refractivity contribution >= 4 is 17.3 Å². The number of nitrogens with one attached hydrogen (secondary N) is 2. The van der Waals surface area contributed by atoms with Gasteiger partial charge in [0.05, 0.1) is 19.3 Å². The van der Waals surface area contributed by atoms with Crippen molar-refractivity contribution < 1.29 is 13.9 Å². The van der Waals surface area contributed by atoms with E-state index in [0.717, 1.165) is 11.3 Å². The molecular weight excluding hydrogens is 271 g/mol. The van der Waals surface area contributed by atoms with E-state index < -0.39 is 0 Å². The van der Waals surface area contributed by atoms with E-state index in [1.807, 2.05) is 25.1 Å². The fourth-order valence-corrected chi connectivity index (χ4v) is 1.87. The summed E-state index contributed by atoms with van der Waals surface area (Å²) >= 11 is 0. The maximum atomic E-state index is 12.8. The molecule has 21 heavy (non-hydrogen) atoms. The molecule has 1 amide bonds. The highest BCUT2D eigenvalue weighted by Crippen LogP contribution is 2.24. The highest BCUT2D eigenvalue weighted by Gasteiger charge is 2.06. The molecule has 0 aliphatic heterocycles. The van der Waals surface area contributed by atoms with Crippen molar-refractivity contribution in [3.8, 4) is 5.75 Å². The van der Waals surface area contributed by atoms with Crippen molar-refractivity contribution in [3.63, 3.8) is 0 Å². The number of ether oxygens (including phenoxy) is 1. The molecule has 2 rings (SSSR count). The summed E-state index contributed by atoms with van der Waals surface area (Å²) in [6.07, 6.45) is 0. The Labute approximate surface area is 122 Å². The molecule has 0 atom stereocenters. The van der Waals surface area contributed by atoms with Gasteiger partial charge in [-0.15, -0.1) is 0 Å². The molecular formula is C16H17FN2O2. The van der Waals surface area contributed by atoms with Crippen LogP contribution in [-0.2, 0) is 4.79 Å². The Balaban J connectivity index is 1.95. The first-order valence-corrected chi connectivity index (χ1v) is 6.52. The fraction of sp³-hybridized carbons (Fsp3) is 0.188. The van der Waals surface area contributed by atoms with Gasteiger partial charge < -0.3 is 15.4 Å². The summed E-state index contributed by atoms with van der Waals surface area (Å²) in [4.78, 5) is 11.8. The van der Waals surface area contributed by atoms with Crippen LogP contribution < -0.4 is 15.4 Å². The van der Waals surface area contributed by atoms with Gasteiger partial charge in [-0.3, -0.25) is 4.79 Å². The fourth-order valence-electron chi connectivity index (χ4n) is 1.87. The SMILES string of the molecule is COc1ccc(C)cc1NCC(=O)Nc1ccc(F)cc1. The van der Waals surface area contributed by atoms with Gasteiger partial charge in [-0.1, -0.05) is 6.07 Å². The molecule has 0 aliphatic carbocycles. The Hall–Kier alpha value is -2.56. The number of benzene rings is 2. The van der Waals surface area contributed by atoms with Gasteiger partial charge in [0.15, 0.2) is 0 Å². The second kappa shape index (κ2) is 6.74. The van der Waals surface area contributed by atoms with Crippen LogP contribution in [0.4, 0.5) is 15.8 Å². The van der Waals surface area contributed by atoms with E-state index in [-0.39, 0.29) is 18.3 Å². The largest absolute Gasteiger partial charge is 0.495 e. The lowest BCUT2D eigenvalue weighted by molar-refractivity contribution is -0.114. The van der Waals surface area contributed by atoms with Crippen LogP contribution in [0.1, 0.15) is 5.56 Å². The highest BCUT2D eigenvalue weighted by atomic mass is 19.1. The molecule has 2 aromatic carbocycles. The number of aryl methyl sites for hydroxylation is 1. The molecule has 0 spiro atoms. The molecule has 0 heterocycles. The van der Waals surface area contributed by atoms with Gasteiger partial charge in [-0.25, -0.2) is 4.39 Å². The van der Waals surface area contributed by atoms with Gasteiger partial charge >= 0.3 is 0 Å². The number of carbonyl (C=O) groups excluding carboxylic acids is 1. The average molecular weight is 288 g/mol. The zero-order chi connectivity index (χ0) is 15.2. The number of hydrogen-bond donors (Lipinski definition) is 2. The first-order chi connectivity index (χ1) is 10.1. The zero-order valence-corrected chi connectivity index (χ0v) is 11.9. The summed E-state index contributed by atoms with van der Waals surface area (Å²) in [6, 6.07) is 11.3. The second-order valence-corrected chi connectivity index (χ2v) is 4.61. The van der Waals surface area contributed by atoms with Crippen molar-refractivity contribution in [2.45, 2.75) is 6.92 Å². The Kier molecular flexibility index (Phi) is 4.77. The zero-order valence-electron chi connectivity index (χ0n) is 11.9. The van der Waals surface area contributed by atoms with E-state index >= 15 is 0 Å². The van der Waals surface area contributed by atoms with Crippen molar-refractivity contribution in [1.82, 2.24) is 0 Å². The van der Waals surface area contributed by atoms with Gasteiger partial charge in [-0.05, 0) is 48.9 Å². The van der Waals surface area contributed by atoms with E-state index in [1.165, 1.54) is 24.3 Å².